The number of carbonyl (C=O) groups is 2. The summed E-state index contributed by atoms with van der Waals surface area (Å²) in [5.41, 5.74) is 1.97. The Morgan fingerprint density at radius 3 is 2.46 bits per heavy atom. The number of phenolic OH excluding ortho intramolecular Hbond substituents is 1. The van der Waals surface area contributed by atoms with Gasteiger partial charge in [0.15, 0.2) is 0 Å². The molecule has 8 nitrogen and oxygen atoms in total. The van der Waals surface area contributed by atoms with E-state index >= 15 is 0 Å². The lowest BCUT2D eigenvalue weighted by Crippen LogP contribution is -2.02. The molecule has 0 bridgehead atoms. The topological polar surface area (TPSA) is 126 Å². The lowest BCUT2D eigenvalue weighted by Gasteiger charge is -2.06. The number of nitrogens with zero attached hydrogens (tertiary/aromatic N) is 3. The van der Waals surface area contributed by atoms with E-state index < -0.39 is 11.9 Å². The van der Waals surface area contributed by atoms with Gasteiger partial charge in [-0.1, -0.05) is 6.07 Å². The van der Waals surface area contributed by atoms with Gasteiger partial charge in [0.25, 0.3) is 0 Å². The SMILES string of the molecule is O=C(O)CCc1ccc(O)c(-n2nc3ccc(C(=O)O)cc3n2)c1. The van der Waals surface area contributed by atoms with Crippen molar-refractivity contribution in [3.63, 3.8) is 0 Å². The Morgan fingerprint density at radius 1 is 1.00 bits per heavy atom. The normalized spacial score (nSPS) is 10.8. The molecule has 1 aromatic heterocycles. The second-order valence-electron chi connectivity index (χ2n) is 5.21. The standard InChI is InChI=1S/C16H13N3O5/c20-14-5-1-9(2-6-15(21)22)7-13(14)19-17-11-4-3-10(16(23)24)8-12(11)18-19/h1,3-5,7-8,20H,2,6H2,(H,21,22)(H,23,24). The highest BCUT2D eigenvalue weighted by Crippen LogP contribution is 2.24. The molecule has 0 spiro atoms. The van der Waals surface area contributed by atoms with Crippen LogP contribution in [0, 0.1) is 0 Å². The van der Waals surface area contributed by atoms with Crippen LogP contribution in [0.4, 0.5) is 0 Å². The first kappa shape index (κ1) is 15.5. The molecule has 0 saturated heterocycles. The van der Waals surface area contributed by atoms with Gasteiger partial charge in [-0.2, -0.15) is 0 Å². The summed E-state index contributed by atoms with van der Waals surface area (Å²) in [6, 6.07) is 9.04. The van der Waals surface area contributed by atoms with Crippen LogP contribution in [0.2, 0.25) is 0 Å². The number of aromatic carboxylic acids is 1. The molecule has 3 rings (SSSR count). The van der Waals surface area contributed by atoms with Crippen LogP contribution in [0.15, 0.2) is 36.4 Å². The number of carboxylic acid groups (broad SMARTS) is 2. The van der Waals surface area contributed by atoms with Crippen molar-refractivity contribution < 1.29 is 24.9 Å². The molecule has 3 N–H and O–H groups in total. The number of phenols is 1. The van der Waals surface area contributed by atoms with Gasteiger partial charge in [-0.05, 0) is 42.3 Å². The summed E-state index contributed by atoms with van der Waals surface area (Å²) in [6.45, 7) is 0. The van der Waals surface area contributed by atoms with E-state index in [1.807, 2.05) is 0 Å². The van der Waals surface area contributed by atoms with E-state index in [1.54, 1.807) is 12.1 Å². The number of aromatic nitrogens is 3. The summed E-state index contributed by atoms with van der Waals surface area (Å²) in [5.74, 6) is -2.04. The zero-order chi connectivity index (χ0) is 17.3. The fourth-order valence-electron chi connectivity index (χ4n) is 2.29. The highest BCUT2D eigenvalue weighted by Gasteiger charge is 2.12. The van der Waals surface area contributed by atoms with Crippen molar-refractivity contribution in [1.82, 2.24) is 15.0 Å². The molecule has 0 fully saturated rings. The average molecular weight is 327 g/mol. The zero-order valence-electron chi connectivity index (χ0n) is 12.4. The lowest BCUT2D eigenvalue weighted by atomic mass is 10.1. The molecule has 8 heteroatoms. The maximum absolute atomic E-state index is 11.0. The van der Waals surface area contributed by atoms with Gasteiger partial charge in [-0.3, -0.25) is 4.79 Å². The summed E-state index contributed by atoms with van der Waals surface area (Å²) in [6.07, 6.45) is 0.285. The number of carboxylic acids is 2. The fourth-order valence-corrected chi connectivity index (χ4v) is 2.29. The van der Waals surface area contributed by atoms with E-state index in [0.29, 0.717) is 23.1 Å². The van der Waals surface area contributed by atoms with Crippen LogP contribution in [0.25, 0.3) is 16.7 Å². The highest BCUT2D eigenvalue weighted by molar-refractivity contribution is 5.92. The minimum atomic E-state index is -1.06. The molecule has 122 valence electrons. The summed E-state index contributed by atoms with van der Waals surface area (Å²) in [5, 5.41) is 36.2. The Bertz CT molecular complexity index is 948. The molecule has 0 amide bonds. The fraction of sp³-hybridized carbons (Fsp3) is 0.125. The number of benzene rings is 2. The Morgan fingerprint density at radius 2 is 1.75 bits per heavy atom. The van der Waals surface area contributed by atoms with Gasteiger partial charge in [0.2, 0.25) is 0 Å². The summed E-state index contributed by atoms with van der Waals surface area (Å²) >= 11 is 0. The van der Waals surface area contributed by atoms with Crippen molar-refractivity contribution >= 4 is 23.0 Å². The Hall–Kier alpha value is -3.42. The predicted octanol–water partition coefficient (Wildman–Crippen LogP) is 1.84. The minimum absolute atomic E-state index is 0.0271. The van der Waals surface area contributed by atoms with Crippen LogP contribution in [-0.2, 0) is 11.2 Å². The van der Waals surface area contributed by atoms with Gasteiger partial charge in [0, 0.05) is 6.42 Å². The monoisotopic (exact) mass is 327 g/mol. The molecular weight excluding hydrogens is 314 g/mol. The van der Waals surface area contributed by atoms with Gasteiger partial charge in [-0.15, -0.1) is 15.0 Å². The van der Waals surface area contributed by atoms with Crippen molar-refractivity contribution in [1.29, 1.82) is 0 Å². The Labute approximate surface area is 135 Å². The van der Waals surface area contributed by atoms with Crippen LogP contribution in [0.5, 0.6) is 5.75 Å². The molecular formula is C16H13N3O5. The number of rotatable bonds is 5. The molecule has 0 aliphatic carbocycles. The first-order valence-corrected chi connectivity index (χ1v) is 7.08. The van der Waals surface area contributed by atoms with Crippen LogP contribution in [-0.4, -0.2) is 42.3 Å². The first-order chi connectivity index (χ1) is 11.4. The van der Waals surface area contributed by atoms with E-state index in [2.05, 4.69) is 10.2 Å². The predicted molar refractivity (Wildman–Crippen MR) is 83.4 cm³/mol. The van der Waals surface area contributed by atoms with Crippen molar-refractivity contribution in [3.05, 3.63) is 47.5 Å². The molecule has 24 heavy (non-hydrogen) atoms. The molecule has 2 aromatic carbocycles. The molecule has 0 unspecified atom stereocenters. The first-order valence-electron chi connectivity index (χ1n) is 7.08. The van der Waals surface area contributed by atoms with Crippen molar-refractivity contribution in [3.8, 4) is 11.4 Å². The summed E-state index contributed by atoms with van der Waals surface area (Å²) in [4.78, 5) is 22.9. The third-order valence-electron chi connectivity index (χ3n) is 3.51. The molecule has 0 aliphatic heterocycles. The quantitative estimate of drug-likeness (QED) is 0.652. The summed E-state index contributed by atoms with van der Waals surface area (Å²) < 4.78 is 0. The molecule has 0 atom stereocenters. The maximum Gasteiger partial charge on any atom is 0.335 e. The number of hydrogen-bond acceptors (Lipinski definition) is 5. The second kappa shape index (κ2) is 5.99. The number of aryl methyl sites for hydroxylation is 1. The van der Waals surface area contributed by atoms with Gasteiger partial charge in [-0.25, -0.2) is 4.79 Å². The van der Waals surface area contributed by atoms with Crippen molar-refractivity contribution in [2.24, 2.45) is 0 Å². The average Bonchev–Trinajstić information content (AvgIpc) is 2.96. The van der Waals surface area contributed by atoms with Gasteiger partial charge in [0.1, 0.15) is 22.5 Å². The zero-order valence-corrected chi connectivity index (χ0v) is 12.4. The molecule has 0 aliphatic rings. The number of fused-ring (bicyclic) bond motifs is 1. The highest BCUT2D eigenvalue weighted by atomic mass is 16.4. The van der Waals surface area contributed by atoms with Crippen molar-refractivity contribution in [2.45, 2.75) is 12.8 Å². The maximum atomic E-state index is 11.0. The molecule has 1 heterocycles. The Kier molecular flexibility index (Phi) is 3.87. The third kappa shape index (κ3) is 3.02. The van der Waals surface area contributed by atoms with E-state index in [1.165, 1.54) is 29.1 Å². The van der Waals surface area contributed by atoms with E-state index in [-0.39, 0.29) is 17.7 Å². The van der Waals surface area contributed by atoms with Gasteiger partial charge < -0.3 is 15.3 Å². The van der Waals surface area contributed by atoms with E-state index in [9.17, 15) is 14.7 Å². The number of hydrogen-bond donors (Lipinski definition) is 3. The number of aromatic hydroxyl groups is 1. The minimum Gasteiger partial charge on any atom is -0.506 e. The van der Waals surface area contributed by atoms with Crippen molar-refractivity contribution in [2.75, 3.05) is 0 Å². The molecule has 0 saturated carbocycles. The summed E-state index contributed by atoms with van der Waals surface area (Å²) in [7, 11) is 0. The molecule has 0 radical (unpaired) electrons. The Balaban J connectivity index is 2.01. The van der Waals surface area contributed by atoms with Crippen LogP contribution in [0.1, 0.15) is 22.3 Å². The van der Waals surface area contributed by atoms with E-state index in [4.69, 9.17) is 10.2 Å². The smallest absolute Gasteiger partial charge is 0.335 e. The lowest BCUT2D eigenvalue weighted by molar-refractivity contribution is -0.136. The molecule has 3 aromatic rings. The third-order valence-corrected chi connectivity index (χ3v) is 3.51. The van der Waals surface area contributed by atoms with Gasteiger partial charge in [0.05, 0.1) is 5.56 Å². The second-order valence-corrected chi connectivity index (χ2v) is 5.21. The largest absolute Gasteiger partial charge is 0.506 e. The van der Waals surface area contributed by atoms with Gasteiger partial charge >= 0.3 is 11.9 Å². The number of aliphatic carboxylic acids is 1. The van der Waals surface area contributed by atoms with Crippen LogP contribution >= 0.6 is 0 Å². The van der Waals surface area contributed by atoms with E-state index in [0.717, 1.165) is 5.56 Å². The van der Waals surface area contributed by atoms with Crippen LogP contribution < -0.4 is 0 Å². The van der Waals surface area contributed by atoms with Crippen LogP contribution in [0.3, 0.4) is 0 Å².